The van der Waals surface area contributed by atoms with Crippen LogP contribution in [0.4, 0.5) is 4.39 Å². The topological polar surface area (TPSA) is 12.0 Å². The molecule has 1 aliphatic carbocycles. The van der Waals surface area contributed by atoms with E-state index in [0.29, 0.717) is 4.47 Å². The lowest BCUT2D eigenvalue weighted by molar-refractivity contribution is 0.569. The average molecular weight is 281 g/mol. The Morgan fingerprint density at radius 1 is 1.43 bits per heavy atom. The quantitative estimate of drug-likeness (QED) is 0.877. The minimum Gasteiger partial charge on any atom is -0.310 e. The van der Waals surface area contributed by atoms with E-state index in [1.165, 1.54) is 0 Å². The minimum absolute atomic E-state index is 0. The summed E-state index contributed by atoms with van der Waals surface area (Å²) >= 11 is 3.14. The molecular formula is C10H12BrClFN. The third kappa shape index (κ3) is 1.95. The highest BCUT2D eigenvalue weighted by Gasteiger charge is 2.42. The lowest BCUT2D eigenvalue weighted by atomic mass is 10.1. The van der Waals surface area contributed by atoms with Crippen molar-refractivity contribution in [1.82, 2.24) is 5.32 Å². The van der Waals surface area contributed by atoms with E-state index in [1.54, 1.807) is 12.1 Å². The van der Waals surface area contributed by atoms with Gasteiger partial charge in [-0.2, -0.15) is 0 Å². The van der Waals surface area contributed by atoms with E-state index in [0.717, 1.165) is 18.4 Å². The number of nitrogens with one attached hydrogen (secondary N) is 1. The molecule has 0 spiro atoms. The number of benzene rings is 1. The van der Waals surface area contributed by atoms with Crippen molar-refractivity contribution in [1.29, 1.82) is 0 Å². The van der Waals surface area contributed by atoms with E-state index in [1.807, 2.05) is 13.1 Å². The largest absolute Gasteiger partial charge is 0.310 e. The summed E-state index contributed by atoms with van der Waals surface area (Å²) in [7, 11) is 1.92. The zero-order chi connectivity index (χ0) is 9.47. The molecule has 0 bridgehead atoms. The molecule has 0 amide bonds. The Morgan fingerprint density at radius 2 is 2.07 bits per heavy atom. The summed E-state index contributed by atoms with van der Waals surface area (Å²) in [6.45, 7) is 0. The Bertz CT molecular complexity index is 339. The van der Waals surface area contributed by atoms with Gasteiger partial charge in [-0.3, -0.25) is 0 Å². The molecule has 1 N–H and O–H groups in total. The summed E-state index contributed by atoms with van der Waals surface area (Å²) in [4.78, 5) is 0. The maximum absolute atomic E-state index is 13.2. The lowest BCUT2D eigenvalue weighted by Gasteiger charge is -2.14. The molecule has 0 atom stereocenters. The first-order chi connectivity index (χ1) is 6.18. The Labute approximate surface area is 97.6 Å². The number of hydrogen-bond acceptors (Lipinski definition) is 1. The van der Waals surface area contributed by atoms with Crippen LogP contribution in [0, 0.1) is 5.82 Å². The zero-order valence-corrected chi connectivity index (χ0v) is 10.2. The van der Waals surface area contributed by atoms with Gasteiger partial charge < -0.3 is 5.32 Å². The molecule has 0 unspecified atom stereocenters. The highest BCUT2D eigenvalue weighted by molar-refractivity contribution is 9.10. The Balaban J connectivity index is 0.000000980. The minimum atomic E-state index is -0.181. The SMILES string of the molecule is CNC1(c2ccc(Br)c(F)c2)CC1.Cl. The number of rotatable bonds is 2. The second-order valence-electron chi connectivity index (χ2n) is 3.46. The molecule has 1 aromatic rings. The van der Waals surface area contributed by atoms with Gasteiger partial charge in [0.25, 0.3) is 0 Å². The normalized spacial score (nSPS) is 17.4. The Morgan fingerprint density at radius 3 is 2.50 bits per heavy atom. The molecule has 0 heterocycles. The van der Waals surface area contributed by atoms with Crippen LogP contribution in [0.25, 0.3) is 0 Å². The van der Waals surface area contributed by atoms with Crippen LogP contribution in [0.1, 0.15) is 18.4 Å². The van der Waals surface area contributed by atoms with Gasteiger partial charge in [-0.15, -0.1) is 12.4 Å². The summed E-state index contributed by atoms with van der Waals surface area (Å²) in [5.74, 6) is -0.181. The molecule has 0 saturated heterocycles. The van der Waals surface area contributed by atoms with Crippen molar-refractivity contribution in [2.45, 2.75) is 18.4 Å². The van der Waals surface area contributed by atoms with Gasteiger partial charge in [0, 0.05) is 5.54 Å². The van der Waals surface area contributed by atoms with Gasteiger partial charge in [0.05, 0.1) is 4.47 Å². The third-order valence-electron chi connectivity index (χ3n) is 2.70. The summed E-state index contributed by atoms with van der Waals surface area (Å²) in [5, 5.41) is 3.23. The molecule has 0 aliphatic heterocycles. The maximum atomic E-state index is 13.2. The Hall–Kier alpha value is -0.120. The molecule has 4 heteroatoms. The summed E-state index contributed by atoms with van der Waals surface area (Å²) in [5.41, 5.74) is 1.11. The van der Waals surface area contributed by atoms with Crippen LogP contribution >= 0.6 is 28.3 Å². The first kappa shape index (κ1) is 12.0. The molecule has 0 aromatic heterocycles. The van der Waals surface area contributed by atoms with Crippen LogP contribution in [0.15, 0.2) is 22.7 Å². The van der Waals surface area contributed by atoms with Gasteiger partial charge in [-0.05, 0) is 53.5 Å². The van der Waals surface area contributed by atoms with Crippen molar-refractivity contribution in [2.24, 2.45) is 0 Å². The summed E-state index contributed by atoms with van der Waals surface area (Å²) in [6, 6.07) is 5.34. The molecule has 1 nitrogen and oxygen atoms in total. The lowest BCUT2D eigenvalue weighted by Crippen LogP contribution is -2.24. The van der Waals surface area contributed by atoms with E-state index in [2.05, 4.69) is 21.2 Å². The molecule has 2 rings (SSSR count). The third-order valence-corrected chi connectivity index (χ3v) is 3.34. The van der Waals surface area contributed by atoms with Crippen LogP contribution in [0.5, 0.6) is 0 Å². The second-order valence-corrected chi connectivity index (χ2v) is 4.32. The highest BCUT2D eigenvalue weighted by Crippen LogP contribution is 2.45. The number of halogens is 3. The predicted molar refractivity (Wildman–Crippen MR) is 61.3 cm³/mol. The van der Waals surface area contributed by atoms with Crippen molar-refractivity contribution in [3.8, 4) is 0 Å². The first-order valence-corrected chi connectivity index (χ1v) is 5.12. The van der Waals surface area contributed by atoms with Crippen LogP contribution in [0.2, 0.25) is 0 Å². The maximum Gasteiger partial charge on any atom is 0.137 e. The van der Waals surface area contributed by atoms with Crippen LogP contribution < -0.4 is 5.32 Å². The van der Waals surface area contributed by atoms with Gasteiger partial charge in [-0.1, -0.05) is 6.07 Å². The van der Waals surface area contributed by atoms with Crippen LogP contribution in [0.3, 0.4) is 0 Å². The van der Waals surface area contributed by atoms with Crippen molar-refractivity contribution in [3.05, 3.63) is 34.1 Å². The van der Waals surface area contributed by atoms with Gasteiger partial charge in [0.2, 0.25) is 0 Å². The molecule has 1 aliphatic rings. The van der Waals surface area contributed by atoms with Crippen molar-refractivity contribution in [3.63, 3.8) is 0 Å². The summed E-state index contributed by atoms with van der Waals surface area (Å²) in [6.07, 6.45) is 2.20. The smallest absolute Gasteiger partial charge is 0.137 e. The standard InChI is InChI=1S/C10H11BrFN.ClH/c1-13-10(4-5-10)7-2-3-8(11)9(12)6-7;/h2-3,6,13H,4-5H2,1H3;1H. The zero-order valence-electron chi connectivity index (χ0n) is 7.81. The van der Waals surface area contributed by atoms with Gasteiger partial charge in [-0.25, -0.2) is 4.39 Å². The van der Waals surface area contributed by atoms with Crippen LogP contribution in [-0.2, 0) is 5.54 Å². The van der Waals surface area contributed by atoms with Crippen molar-refractivity contribution >= 4 is 28.3 Å². The predicted octanol–water partition coefficient (Wildman–Crippen LogP) is 3.22. The molecule has 1 saturated carbocycles. The van der Waals surface area contributed by atoms with E-state index in [-0.39, 0.29) is 23.8 Å². The van der Waals surface area contributed by atoms with E-state index < -0.39 is 0 Å². The van der Waals surface area contributed by atoms with Crippen molar-refractivity contribution < 1.29 is 4.39 Å². The van der Waals surface area contributed by atoms with Crippen LogP contribution in [-0.4, -0.2) is 7.05 Å². The molecule has 0 radical (unpaired) electrons. The fraction of sp³-hybridized carbons (Fsp3) is 0.400. The van der Waals surface area contributed by atoms with E-state index in [9.17, 15) is 4.39 Å². The molecule has 78 valence electrons. The van der Waals surface area contributed by atoms with Gasteiger partial charge >= 0.3 is 0 Å². The fourth-order valence-electron chi connectivity index (χ4n) is 1.60. The molecule has 14 heavy (non-hydrogen) atoms. The monoisotopic (exact) mass is 279 g/mol. The summed E-state index contributed by atoms with van der Waals surface area (Å²) < 4.78 is 13.7. The highest BCUT2D eigenvalue weighted by atomic mass is 79.9. The fourth-order valence-corrected chi connectivity index (χ4v) is 1.85. The van der Waals surface area contributed by atoms with Crippen molar-refractivity contribution in [2.75, 3.05) is 7.05 Å². The van der Waals surface area contributed by atoms with E-state index >= 15 is 0 Å². The molecule has 1 aromatic carbocycles. The first-order valence-electron chi connectivity index (χ1n) is 4.32. The second kappa shape index (κ2) is 4.17. The Kier molecular flexibility index (Phi) is 3.56. The molecule has 1 fully saturated rings. The van der Waals surface area contributed by atoms with E-state index in [4.69, 9.17) is 0 Å². The molecular weight excluding hydrogens is 268 g/mol. The van der Waals surface area contributed by atoms with Gasteiger partial charge in [0.1, 0.15) is 5.82 Å². The number of hydrogen-bond donors (Lipinski definition) is 1. The average Bonchev–Trinajstić information content (AvgIpc) is 2.90. The van der Waals surface area contributed by atoms with Gasteiger partial charge in [0.15, 0.2) is 0 Å².